The maximum atomic E-state index is 9.45. The van der Waals surface area contributed by atoms with Crippen LogP contribution >= 0.6 is 0 Å². The minimum atomic E-state index is -3.13. The molecule has 0 saturated heterocycles. The Morgan fingerprint density at radius 3 is 0.958 bits per heavy atom. The molecule has 0 amide bonds. The van der Waals surface area contributed by atoms with Crippen LogP contribution in [0.15, 0.2) is 0 Å². The fourth-order valence-electron chi connectivity index (χ4n) is 2.26. The molecule has 0 aliphatic heterocycles. The van der Waals surface area contributed by atoms with Crippen molar-refractivity contribution in [3.63, 3.8) is 0 Å². The third kappa shape index (κ3) is 11.9. The standard InChI is InChI=1S/2C8H19NO.H2O3Si/c2*1-4-7(10)8(9,5-2)6-3;1-4(2)3/h2*7,10H,4-6,9H2,1-3H3;1-2H. The molecule has 2 unspecified atom stereocenters. The van der Waals surface area contributed by atoms with Gasteiger partial charge in [-0.05, 0) is 38.5 Å². The predicted molar refractivity (Wildman–Crippen MR) is 98.5 cm³/mol. The minimum Gasteiger partial charge on any atom is -0.511 e. The zero-order valence-corrected chi connectivity index (χ0v) is 17.2. The van der Waals surface area contributed by atoms with Crippen molar-refractivity contribution in [1.29, 1.82) is 0 Å². The predicted octanol–water partition coefficient (Wildman–Crippen LogP) is 0.936. The SMILES string of the molecule is CCC(O)C(N)(CC)CC.CCC(O)C(N)(CC)CC.O=[Si](O)O. The zero-order chi connectivity index (χ0) is 20.0. The molecule has 0 spiro atoms. The van der Waals surface area contributed by atoms with Crippen molar-refractivity contribution in [3.05, 3.63) is 0 Å². The third-order valence-electron chi connectivity index (χ3n) is 4.73. The molecule has 24 heavy (non-hydrogen) atoms. The summed E-state index contributed by atoms with van der Waals surface area (Å²) >= 11 is 0. The summed E-state index contributed by atoms with van der Waals surface area (Å²) in [7, 11) is -3.13. The minimum absolute atomic E-state index is 0.345. The first-order valence-corrected chi connectivity index (χ1v) is 10.1. The van der Waals surface area contributed by atoms with Crippen LogP contribution in [0.25, 0.3) is 0 Å². The molecule has 0 aliphatic rings. The molecule has 0 aromatic heterocycles. The molecule has 0 radical (unpaired) electrons. The van der Waals surface area contributed by atoms with Crippen LogP contribution in [-0.2, 0) is 4.46 Å². The van der Waals surface area contributed by atoms with Crippen LogP contribution in [0.5, 0.6) is 0 Å². The van der Waals surface area contributed by atoms with Gasteiger partial charge in [0, 0.05) is 11.1 Å². The van der Waals surface area contributed by atoms with Crippen LogP contribution in [0.1, 0.15) is 80.1 Å². The van der Waals surface area contributed by atoms with Gasteiger partial charge in [0.25, 0.3) is 0 Å². The first-order valence-electron chi connectivity index (χ1n) is 8.80. The number of hydrogen-bond acceptors (Lipinski definition) is 5. The molecule has 0 aromatic rings. The van der Waals surface area contributed by atoms with Gasteiger partial charge >= 0.3 is 9.17 Å². The second kappa shape index (κ2) is 14.8. The summed E-state index contributed by atoms with van der Waals surface area (Å²) in [5.74, 6) is 0. The van der Waals surface area contributed by atoms with E-state index >= 15 is 0 Å². The lowest BCUT2D eigenvalue weighted by atomic mass is 9.86. The lowest BCUT2D eigenvalue weighted by Gasteiger charge is -2.31. The van der Waals surface area contributed by atoms with E-state index in [0.717, 1.165) is 38.5 Å². The van der Waals surface area contributed by atoms with Crippen LogP contribution in [-0.4, -0.2) is 52.3 Å². The van der Waals surface area contributed by atoms with Crippen molar-refractivity contribution >= 4 is 9.17 Å². The molecule has 0 heterocycles. The van der Waals surface area contributed by atoms with Gasteiger partial charge in [0.2, 0.25) is 0 Å². The maximum absolute atomic E-state index is 9.45. The molecular formula is C16H40N2O5Si. The van der Waals surface area contributed by atoms with Crippen LogP contribution in [0.2, 0.25) is 0 Å². The van der Waals surface area contributed by atoms with Crippen molar-refractivity contribution in [1.82, 2.24) is 0 Å². The number of rotatable bonds is 8. The van der Waals surface area contributed by atoms with E-state index in [1.165, 1.54) is 0 Å². The zero-order valence-electron chi connectivity index (χ0n) is 16.2. The Balaban J connectivity index is -0.000000301. The van der Waals surface area contributed by atoms with E-state index in [1.807, 2.05) is 41.5 Å². The van der Waals surface area contributed by atoms with Gasteiger partial charge in [0.15, 0.2) is 0 Å². The highest BCUT2D eigenvalue weighted by molar-refractivity contribution is 6.22. The molecule has 0 saturated carbocycles. The molecular weight excluding hydrogens is 328 g/mol. The van der Waals surface area contributed by atoms with Crippen molar-refractivity contribution in [2.75, 3.05) is 0 Å². The quantitative estimate of drug-likeness (QED) is 0.349. The second-order valence-electron chi connectivity index (χ2n) is 6.01. The molecule has 7 nitrogen and oxygen atoms in total. The summed E-state index contributed by atoms with van der Waals surface area (Å²) in [5.41, 5.74) is 11.1. The monoisotopic (exact) mass is 368 g/mol. The van der Waals surface area contributed by atoms with Crippen LogP contribution < -0.4 is 11.5 Å². The maximum Gasteiger partial charge on any atom is 0.761 e. The average Bonchev–Trinajstić information content (AvgIpc) is 2.58. The normalized spacial score (nSPS) is 13.8. The third-order valence-corrected chi connectivity index (χ3v) is 4.73. The fraction of sp³-hybridized carbons (Fsp3) is 1.00. The first-order chi connectivity index (χ1) is 10.9. The molecule has 0 bridgehead atoms. The summed E-state index contributed by atoms with van der Waals surface area (Å²) < 4.78 is 8.74. The Bertz CT molecular complexity index is 283. The lowest BCUT2D eigenvalue weighted by Crippen LogP contribution is -2.49. The Hall–Kier alpha value is -0.543. The van der Waals surface area contributed by atoms with E-state index in [9.17, 15) is 10.2 Å². The van der Waals surface area contributed by atoms with Gasteiger partial charge < -0.3 is 31.3 Å². The highest BCUT2D eigenvalue weighted by Crippen LogP contribution is 2.18. The van der Waals surface area contributed by atoms with Crippen LogP contribution in [0.4, 0.5) is 0 Å². The highest BCUT2D eigenvalue weighted by atomic mass is 28.3. The molecule has 0 aliphatic carbocycles. The van der Waals surface area contributed by atoms with E-state index in [-0.39, 0.29) is 23.3 Å². The van der Waals surface area contributed by atoms with Crippen molar-refractivity contribution in [3.8, 4) is 0 Å². The smallest absolute Gasteiger partial charge is 0.511 e. The summed E-state index contributed by atoms with van der Waals surface area (Å²) in [5, 5.41) is 18.9. The lowest BCUT2D eigenvalue weighted by molar-refractivity contribution is 0.0748. The summed E-state index contributed by atoms with van der Waals surface area (Å²) in [6.45, 7) is 12.0. The Morgan fingerprint density at radius 2 is 0.917 bits per heavy atom. The van der Waals surface area contributed by atoms with Gasteiger partial charge in [0.1, 0.15) is 0 Å². The number of aliphatic hydroxyl groups excluding tert-OH is 2. The van der Waals surface area contributed by atoms with E-state index < -0.39 is 9.17 Å². The topological polar surface area (TPSA) is 150 Å². The van der Waals surface area contributed by atoms with E-state index in [1.54, 1.807) is 0 Å². The van der Waals surface area contributed by atoms with E-state index in [0.29, 0.717) is 0 Å². The number of aliphatic hydroxyl groups is 2. The summed E-state index contributed by atoms with van der Waals surface area (Å²) in [6.07, 6.45) is 4.19. The molecule has 8 heteroatoms. The number of nitrogens with two attached hydrogens (primary N) is 2. The molecule has 2 atom stereocenters. The average molecular weight is 369 g/mol. The molecule has 0 fully saturated rings. The van der Waals surface area contributed by atoms with Gasteiger partial charge in [0.05, 0.1) is 12.2 Å². The summed E-state index contributed by atoms with van der Waals surface area (Å²) in [4.78, 5) is 14.3. The Morgan fingerprint density at radius 1 is 0.750 bits per heavy atom. The highest BCUT2D eigenvalue weighted by Gasteiger charge is 2.28. The molecule has 8 N–H and O–H groups in total. The first kappa shape index (κ1) is 28.3. The van der Waals surface area contributed by atoms with E-state index in [4.69, 9.17) is 25.5 Å². The van der Waals surface area contributed by atoms with Crippen molar-refractivity contribution < 1.29 is 24.3 Å². The van der Waals surface area contributed by atoms with Crippen molar-refractivity contribution in [2.24, 2.45) is 11.5 Å². The summed E-state index contributed by atoms with van der Waals surface area (Å²) in [6, 6.07) is 0. The van der Waals surface area contributed by atoms with Crippen LogP contribution in [0.3, 0.4) is 0 Å². The second-order valence-corrected chi connectivity index (χ2v) is 6.58. The van der Waals surface area contributed by atoms with E-state index in [2.05, 4.69) is 0 Å². The molecule has 0 aromatic carbocycles. The van der Waals surface area contributed by atoms with Gasteiger partial charge in [-0.3, -0.25) is 4.46 Å². The fourth-order valence-corrected chi connectivity index (χ4v) is 2.26. The Labute approximate surface area is 149 Å². The van der Waals surface area contributed by atoms with Gasteiger partial charge in [-0.2, -0.15) is 0 Å². The van der Waals surface area contributed by atoms with Gasteiger partial charge in [-0.25, -0.2) is 0 Å². The van der Waals surface area contributed by atoms with Crippen LogP contribution in [0, 0.1) is 0 Å². The largest absolute Gasteiger partial charge is 0.761 e. The Kier molecular flexibility index (Phi) is 17.4. The van der Waals surface area contributed by atoms with Gasteiger partial charge in [-0.15, -0.1) is 0 Å². The van der Waals surface area contributed by atoms with Gasteiger partial charge in [-0.1, -0.05) is 41.5 Å². The molecule has 148 valence electrons. The molecule has 0 rings (SSSR count). The van der Waals surface area contributed by atoms with Crippen molar-refractivity contribution in [2.45, 2.75) is 103 Å². The number of hydrogen-bond donors (Lipinski definition) is 6.